The van der Waals surface area contributed by atoms with Crippen molar-refractivity contribution in [3.63, 3.8) is 0 Å². The molecule has 0 aromatic carbocycles. The van der Waals surface area contributed by atoms with Crippen molar-refractivity contribution in [3.8, 4) is 0 Å². The van der Waals surface area contributed by atoms with E-state index in [1.54, 1.807) is 10.9 Å². The number of nitrogen functional groups attached to an aromatic ring is 1. The van der Waals surface area contributed by atoms with Gasteiger partial charge >= 0.3 is 5.69 Å². The van der Waals surface area contributed by atoms with Crippen molar-refractivity contribution >= 4 is 22.5 Å². The van der Waals surface area contributed by atoms with Gasteiger partial charge in [0.15, 0.2) is 5.65 Å². The minimum absolute atomic E-state index is 0.212. The summed E-state index contributed by atoms with van der Waals surface area (Å²) in [6.07, 6.45) is 3.53. The van der Waals surface area contributed by atoms with Gasteiger partial charge in [0.1, 0.15) is 11.5 Å². The standard InChI is InChI=1S/C21H31N7O2/c1-6-7-8-28-18(22)17(20(29)24-21(28)30)27(11-13(2)3)12-15-9-16-14(4)25-26(5)19(16)23-10-15/h9-10,13H,6-8,11-12,22H2,1-5H3,(H,24,29,30). The van der Waals surface area contributed by atoms with E-state index in [2.05, 4.69) is 35.0 Å². The maximum absolute atomic E-state index is 12.8. The highest BCUT2D eigenvalue weighted by molar-refractivity contribution is 5.78. The number of H-pyrrole nitrogens is 1. The molecule has 162 valence electrons. The number of rotatable bonds is 8. The molecule has 0 saturated carbocycles. The van der Waals surface area contributed by atoms with E-state index in [9.17, 15) is 9.59 Å². The van der Waals surface area contributed by atoms with Crippen LogP contribution < -0.4 is 21.9 Å². The molecule has 0 aliphatic carbocycles. The molecule has 3 heterocycles. The number of unbranched alkanes of at least 4 members (excludes halogenated alkanes) is 1. The zero-order chi connectivity index (χ0) is 22.0. The molecular weight excluding hydrogens is 382 g/mol. The number of hydrogen-bond acceptors (Lipinski definition) is 6. The van der Waals surface area contributed by atoms with E-state index in [0.717, 1.165) is 35.1 Å². The van der Waals surface area contributed by atoms with Crippen molar-refractivity contribution < 1.29 is 0 Å². The lowest BCUT2D eigenvalue weighted by Crippen LogP contribution is -2.39. The highest BCUT2D eigenvalue weighted by Gasteiger charge is 2.20. The summed E-state index contributed by atoms with van der Waals surface area (Å²) in [6, 6.07) is 2.05. The van der Waals surface area contributed by atoms with E-state index in [-0.39, 0.29) is 11.7 Å². The summed E-state index contributed by atoms with van der Waals surface area (Å²) in [6.45, 7) is 9.70. The molecule has 0 atom stereocenters. The Bertz CT molecular complexity index is 1160. The van der Waals surface area contributed by atoms with Crippen LogP contribution in [0, 0.1) is 12.8 Å². The van der Waals surface area contributed by atoms with E-state index in [4.69, 9.17) is 5.73 Å². The van der Waals surface area contributed by atoms with E-state index >= 15 is 0 Å². The van der Waals surface area contributed by atoms with Crippen molar-refractivity contribution in [3.05, 3.63) is 44.4 Å². The molecule has 0 fully saturated rings. The first kappa shape index (κ1) is 21.6. The first-order chi connectivity index (χ1) is 14.2. The third-order valence-corrected chi connectivity index (χ3v) is 5.14. The summed E-state index contributed by atoms with van der Waals surface area (Å²) in [5.74, 6) is 0.501. The first-order valence-corrected chi connectivity index (χ1v) is 10.4. The maximum atomic E-state index is 12.8. The molecule has 3 N–H and O–H groups in total. The Morgan fingerprint density at radius 3 is 2.70 bits per heavy atom. The van der Waals surface area contributed by atoms with Crippen molar-refractivity contribution in [2.75, 3.05) is 17.2 Å². The highest BCUT2D eigenvalue weighted by Crippen LogP contribution is 2.23. The summed E-state index contributed by atoms with van der Waals surface area (Å²) >= 11 is 0. The monoisotopic (exact) mass is 413 g/mol. The van der Waals surface area contributed by atoms with E-state index in [1.165, 1.54) is 4.57 Å². The van der Waals surface area contributed by atoms with Gasteiger partial charge in [-0.15, -0.1) is 0 Å². The molecule has 0 radical (unpaired) electrons. The first-order valence-electron chi connectivity index (χ1n) is 10.4. The fourth-order valence-corrected chi connectivity index (χ4v) is 3.75. The minimum atomic E-state index is -0.465. The van der Waals surface area contributed by atoms with Crippen LogP contribution in [-0.4, -0.2) is 30.9 Å². The van der Waals surface area contributed by atoms with Crippen LogP contribution in [0.5, 0.6) is 0 Å². The summed E-state index contributed by atoms with van der Waals surface area (Å²) in [5, 5.41) is 5.40. The Balaban J connectivity index is 2.06. The smallest absolute Gasteiger partial charge is 0.330 e. The lowest BCUT2D eigenvalue weighted by Gasteiger charge is -2.28. The number of nitrogens with zero attached hydrogens (tertiary/aromatic N) is 5. The average Bonchev–Trinajstić information content (AvgIpc) is 2.94. The van der Waals surface area contributed by atoms with Gasteiger partial charge in [0.05, 0.1) is 5.69 Å². The number of aromatic amines is 1. The Labute approximate surface area is 175 Å². The second-order valence-electron chi connectivity index (χ2n) is 8.20. The predicted molar refractivity (Wildman–Crippen MR) is 120 cm³/mol. The van der Waals surface area contributed by atoms with Gasteiger partial charge < -0.3 is 10.6 Å². The van der Waals surface area contributed by atoms with Gasteiger partial charge in [0.25, 0.3) is 5.56 Å². The molecule has 0 aliphatic heterocycles. The van der Waals surface area contributed by atoms with Crippen molar-refractivity contribution in [1.82, 2.24) is 24.3 Å². The number of nitrogens with one attached hydrogen (secondary N) is 1. The molecule has 3 rings (SSSR count). The Morgan fingerprint density at radius 1 is 1.30 bits per heavy atom. The SMILES string of the molecule is CCCCn1c(N)c(N(Cc2cnc3c(c2)c(C)nn3C)CC(C)C)c(=O)[nH]c1=O. The van der Waals surface area contributed by atoms with Crippen molar-refractivity contribution in [1.29, 1.82) is 0 Å². The van der Waals surface area contributed by atoms with Crippen molar-refractivity contribution in [2.24, 2.45) is 13.0 Å². The molecular formula is C21H31N7O2. The fourth-order valence-electron chi connectivity index (χ4n) is 3.75. The van der Waals surface area contributed by atoms with Crippen LogP contribution in [-0.2, 0) is 20.1 Å². The van der Waals surface area contributed by atoms with Gasteiger partial charge in [0, 0.05) is 38.3 Å². The van der Waals surface area contributed by atoms with Crippen LogP contribution in [0.2, 0.25) is 0 Å². The van der Waals surface area contributed by atoms with Crippen LogP contribution in [0.3, 0.4) is 0 Å². The van der Waals surface area contributed by atoms with Crippen LogP contribution in [0.1, 0.15) is 44.9 Å². The second kappa shape index (κ2) is 8.73. The van der Waals surface area contributed by atoms with Gasteiger partial charge in [-0.2, -0.15) is 5.10 Å². The molecule has 3 aromatic heterocycles. The lowest BCUT2D eigenvalue weighted by atomic mass is 10.1. The number of hydrogen-bond donors (Lipinski definition) is 2. The molecule has 0 unspecified atom stereocenters. The van der Waals surface area contributed by atoms with Crippen LogP contribution in [0.25, 0.3) is 11.0 Å². The van der Waals surface area contributed by atoms with Gasteiger partial charge in [0.2, 0.25) is 0 Å². The van der Waals surface area contributed by atoms with Gasteiger partial charge in [-0.1, -0.05) is 27.2 Å². The normalized spacial score (nSPS) is 11.5. The number of fused-ring (bicyclic) bond motifs is 1. The molecule has 9 nitrogen and oxygen atoms in total. The quantitative estimate of drug-likeness (QED) is 0.585. The Kier molecular flexibility index (Phi) is 6.28. The van der Waals surface area contributed by atoms with E-state index < -0.39 is 11.2 Å². The van der Waals surface area contributed by atoms with Crippen LogP contribution >= 0.6 is 0 Å². The number of pyridine rings is 1. The van der Waals surface area contributed by atoms with Crippen LogP contribution in [0.4, 0.5) is 11.5 Å². The Hall–Kier alpha value is -3.10. The molecule has 0 aliphatic rings. The van der Waals surface area contributed by atoms with Gasteiger partial charge in [-0.3, -0.25) is 19.0 Å². The number of aromatic nitrogens is 5. The zero-order valence-corrected chi connectivity index (χ0v) is 18.4. The largest absolute Gasteiger partial charge is 0.383 e. The third-order valence-electron chi connectivity index (χ3n) is 5.14. The summed E-state index contributed by atoms with van der Waals surface area (Å²) < 4.78 is 3.22. The molecule has 3 aromatic rings. The molecule has 30 heavy (non-hydrogen) atoms. The summed E-state index contributed by atoms with van der Waals surface area (Å²) in [4.78, 5) is 34.0. The minimum Gasteiger partial charge on any atom is -0.383 e. The molecule has 0 bridgehead atoms. The third kappa shape index (κ3) is 4.24. The highest BCUT2D eigenvalue weighted by atomic mass is 16.2. The topological polar surface area (TPSA) is 115 Å². The molecule has 9 heteroatoms. The Morgan fingerprint density at radius 2 is 2.03 bits per heavy atom. The lowest BCUT2D eigenvalue weighted by molar-refractivity contribution is 0.586. The summed E-state index contributed by atoms with van der Waals surface area (Å²) in [7, 11) is 1.87. The molecule has 0 amide bonds. The predicted octanol–water partition coefficient (Wildman–Crippen LogP) is 2.17. The number of anilines is 2. The van der Waals surface area contributed by atoms with Crippen LogP contribution in [0.15, 0.2) is 21.9 Å². The van der Waals surface area contributed by atoms with Gasteiger partial charge in [-0.05, 0) is 30.9 Å². The maximum Gasteiger partial charge on any atom is 0.330 e. The number of nitrogens with two attached hydrogens (primary N) is 1. The van der Waals surface area contributed by atoms with E-state index in [0.29, 0.717) is 25.3 Å². The van der Waals surface area contributed by atoms with Gasteiger partial charge in [-0.25, -0.2) is 9.78 Å². The van der Waals surface area contributed by atoms with Crippen molar-refractivity contribution in [2.45, 2.75) is 53.6 Å². The van der Waals surface area contributed by atoms with E-state index in [1.807, 2.05) is 25.8 Å². The summed E-state index contributed by atoms with van der Waals surface area (Å²) in [5.41, 5.74) is 8.43. The fraction of sp³-hybridized carbons (Fsp3) is 0.524. The average molecular weight is 414 g/mol. The second-order valence-corrected chi connectivity index (χ2v) is 8.20. The molecule has 0 spiro atoms. The zero-order valence-electron chi connectivity index (χ0n) is 18.4. The molecule has 0 saturated heterocycles. The number of aryl methyl sites for hydroxylation is 2.